The van der Waals surface area contributed by atoms with E-state index in [1.165, 1.54) is 17.5 Å². The van der Waals surface area contributed by atoms with Crippen LogP contribution in [0.5, 0.6) is 5.75 Å². The Kier molecular flexibility index (Phi) is 6.81. The summed E-state index contributed by atoms with van der Waals surface area (Å²) < 4.78 is 5.77. The van der Waals surface area contributed by atoms with Crippen molar-refractivity contribution in [2.24, 2.45) is 0 Å². The molecule has 18 heavy (non-hydrogen) atoms. The lowest BCUT2D eigenvalue weighted by Crippen LogP contribution is -2.13. The van der Waals surface area contributed by atoms with Crippen molar-refractivity contribution < 1.29 is 4.74 Å². The van der Waals surface area contributed by atoms with Gasteiger partial charge >= 0.3 is 0 Å². The zero-order valence-electron chi connectivity index (χ0n) is 12.3. The van der Waals surface area contributed by atoms with Gasteiger partial charge in [0.2, 0.25) is 0 Å². The number of nitrogens with zero attached hydrogens (tertiary/aromatic N) is 1. The second-order valence-electron chi connectivity index (χ2n) is 5.05. The van der Waals surface area contributed by atoms with Crippen molar-refractivity contribution in [3.8, 4) is 5.75 Å². The van der Waals surface area contributed by atoms with Crippen LogP contribution < -0.4 is 4.74 Å². The zero-order valence-corrected chi connectivity index (χ0v) is 12.3. The molecule has 0 spiro atoms. The first-order chi connectivity index (χ1) is 8.67. The summed E-state index contributed by atoms with van der Waals surface area (Å²) in [5.41, 5.74) is 2.77. The molecule has 0 unspecified atom stereocenters. The van der Waals surface area contributed by atoms with Gasteiger partial charge in [-0.1, -0.05) is 26.0 Å². The zero-order chi connectivity index (χ0) is 13.4. The number of rotatable bonds is 8. The first-order valence-corrected chi connectivity index (χ1v) is 7.06. The van der Waals surface area contributed by atoms with E-state index in [0.717, 1.165) is 38.2 Å². The van der Waals surface area contributed by atoms with Crippen LogP contribution in [0.2, 0.25) is 0 Å². The summed E-state index contributed by atoms with van der Waals surface area (Å²) in [7, 11) is 4.25. The van der Waals surface area contributed by atoms with Crippen molar-refractivity contribution in [3.63, 3.8) is 0 Å². The molecule has 0 aliphatic rings. The molecule has 0 aliphatic carbocycles. The van der Waals surface area contributed by atoms with E-state index in [9.17, 15) is 0 Å². The van der Waals surface area contributed by atoms with Gasteiger partial charge < -0.3 is 9.64 Å². The lowest BCUT2D eigenvalue weighted by atomic mass is 10.0. The van der Waals surface area contributed by atoms with Gasteiger partial charge in [0, 0.05) is 0 Å². The lowest BCUT2D eigenvalue weighted by Gasteiger charge is -2.13. The van der Waals surface area contributed by atoms with E-state index >= 15 is 0 Å². The Balaban J connectivity index is 2.60. The topological polar surface area (TPSA) is 12.5 Å². The molecular formula is C16H27NO. The van der Waals surface area contributed by atoms with Crippen LogP contribution in [-0.4, -0.2) is 32.1 Å². The molecule has 0 atom stereocenters. The maximum absolute atomic E-state index is 5.77. The molecule has 2 nitrogen and oxygen atoms in total. The van der Waals surface area contributed by atoms with Crippen LogP contribution in [0.4, 0.5) is 0 Å². The van der Waals surface area contributed by atoms with Crippen molar-refractivity contribution in [1.29, 1.82) is 0 Å². The third-order valence-electron chi connectivity index (χ3n) is 3.04. The van der Waals surface area contributed by atoms with Crippen LogP contribution in [0.25, 0.3) is 0 Å². The molecule has 0 N–H and O–H groups in total. The van der Waals surface area contributed by atoms with Gasteiger partial charge in [0.1, 0.15) is 5.75 Å². The number of hydrogen-bond acceptors (Lipinski definition) is 2. The third kappa shape index (κ3) is 5.09. The fourth-order valence-electron chi connectivity index (χ4n) is 2.02. The van der Waals surface area contributed by atoms with E-state index in [-0.39, 0.29) is 0 Å². The molecule has 102 valence electrons. The van der Waals surface area contributed by atoms with Crippen LogP contribution in [0, 0.1) is 0 Å². The summed E-state index contributed by atoms with van der Waals surface area (Å²) in [4.78, 5) is 2.24. The van der Waals surface area contributed by atoms with Gasteiger partial charge in [-0.2, -0.15) is 0 Å². The fraction of sp³-hybridized carbons (Fsp3) is 0.625. The Morgan fingerprint density at radius 1 is 1.17 bits per heavy atom. The van der Waals surface area contributed by atoms with Gasteiger partial charge in [-0.05, 0) is 63.5 Å². The predicted molar refractivity (Wildman–Crippen MR) is 78.5 cm³/mol. The molecule has 0 fully saturated rings. The molecule has 0 saturated carbocycles. The monoisotopic (exact) mass is 249 g/mol. The van der Waals surface area contributed by atoms with Crippen LogP contribution >= 0.6 is 0 Å². The minimum atomic E-state index is 0.812. The summed E-state index contributed by atoms with van der Waals surface area (Å²) in [6.45, 7) is 6.29. The maximum Gasteiger partial charge on any atom is 0.122 e. The van der Waals surface area contributed by atoms with Gasteiger partial charge in [-0.15, -0.1) is 0 Å². The summed E-state index contributed by atoms with van der Waals surface area (Å²) in [6.07, 6.45) is 4.47. The van der Waals surface area contributed by atoms with Gasteiger partial charge in [0.15, 0.2) is 0 Å². The molecule has 0 amide bonds. The molecule has 0 bridgehead atoms. The van der Waals surface area contributed by atoms with Gasteiger partial charge in [-0.25, -0.2) is 0 Å². The Morgan fingerprint density at radius 2 is 1.94 bits per heavy atom. The van der Waals surface area contributed by atoms with Crippen molar-refractivity contribution in [2.45, 2.75) is 39.5 Å². The number of benzene rings is 1. The predicted octanol–water partition coefficient (Wildman–Crippen LogP) is 3.53. The number of ether oxygens (including phenoxy) is 1. The summed E-state index contributed by atoms with van der Waals surface area (Å²) >= 11 is 0. The molecule has 1 aromatic rings. The van der Waals surface area contributed by atoms with E-state index in [0.29, 0.717) is 0 Å². The van der Waals surface area contributed by atoms with Gasteiger partial charge in [0.05, 0.1) is 6.61 Å². The average Bonchev–Trinajstić information content (AvgIpc) is 2.36. The highest BCUT2D eigenvalue weighted by Gasteiger charge is 2.04. The third-order valence-corrected chi connectivity index (χ3v) is 3.04. The lowest BCUT2D eigenvalue weighted by molar-refractivity contribution is 0.314. The molecule has 1 rings (SSSR count). The van der Waals surface area contributed by atoms with E-state index < -0.39 is 0 Å². The standard InChI is InChI=1S/C16H27NO/c1-5-12-18-16-10-9-14(13-15(16)6-2)8-7-11-17(3)4/h9-10,13H,5-8,11-12H2,1-4H3. The smallest absolute Gasteiger partial charge is 0.122 e. The Labute approximate surface area is 112 Å². The maximum atomic E-state index is 5.77. The normalized spacial score (nSPS) is 10.9. The molecule has 1 aromatic carbocycles. The molecule has 0 radical (unpaired) electrons. The Morgan fingerprint density at radius 3 is 2.56 bits per heavy atom. The van der Waals surface area contributed by atoms with E-state index in [1.54, 1.807) is 0 Å². The highest BCUT2D eigenvalue weighted by atomic mass is 16.5. The summed E-state index contributed by atoms with van der Waals surface area (Å²) in [5, 5.41) is 0. The molecule has 0 saturated heterocycles. The second-order valence-corrected chi connectivity index (χ2v) is 5.05. The minimum absolute atomic E-state index is 0.812. The van der Waals surface area contributed by atoms with Crippen LogP contribution in [0.3, 0.4) is 0 Å². The molecule has 2 heteroatoms. The Bertz CT molecular complexity index is 347. The van der Waals surface area contributed by atoms with Crippen LogP contribution in [0.1, 0.15) is 37.8 Å². The van der Waals surface area contributed by atoms with Crippen molar-refractivity contribution >= 4 is 0 Å². The number of hydrogen-bond donors (Lipinski definition) is 0. The van der Waals surface area contributed by atoms with Crippen molar-refractivity contribution in [3.05, 3.63) is 29.3 Å². The highest BCUT2D eigenvalue weighted by molar-refractivity contribution is 5.37. The molecular weight excluding hydrogens is 222 g/mol. The Hall–Kier alpha value is -1.02. The number of aryl methyl sites for hydroxylation is 2. The van der Waals surface area contributed by atoms with Gasteiger partial charge in [-0.3, -0.25) is 0 Å². The fourth-order valence-corrected chi connectivity index (χ4v) is 2.02. The molecule has 0 aromatic heterocycles. The quantitative estimate of drug-likeness (QED) is 0.699. The average molecular weight is 249 g/mol. The summed E-state index contributed by atoms with van der Waals surface area (Å²) in [5.74, 6) is 1.07. The van der Waals surface area contributed by atoms with Crippen molar-refractivity contribution in [1.82, 2.24) is 4.90 Å². The van der Waals surface area contributed by atoms with Crippen LogP contribution in [0.15, 0.2) is 18.2 Å². The SMILES string of the molecule is CCCOc1ccc(CCCN(C)C)cc1CC. The van der Waals surface area contributed by atoms with E-state index in [1.807, 2.05) is 0 Å². The van der Waals surface area contributed by atoms with Crippen LogP contribution in [-0.2, 0) is 12.8 Å². The minimum Gasteiger partial charge on any atom is -0.493 e. The summed E-state index contributed by atoms with van der Waals surface area (Å²) in [6, 6.07) is 6.65. The first kappa shape index (κ1) is 15.0. The highest BCUT2D eigenvalue weighted by Crippen LogP contribution is 2.21. The largest absolute Gasteiger partial charge is 0.493 e. The molecule has 0 heterocycles. The van der Waals surface area contributed by atoms with E-state index in [4.69, 9.17) is 4.74 Å². The second kappa shape index (κ2) is 8.15. The van der Waals surface area contributed by atoms with E-state index in [2.05, 4.69) is 51.0 Å². The van der Waals surface area contributed by atoms with Crippen molar-refractivity contribution in [2.75, 3.05) is 27.2 Å². The van der Waals surface area contributed by atoms with Gasteiger partial charge in [0.25, 0.3) is 0 Å². The molecule has 0 aliphatic heterocycles. The first-order valence-electron chi connectivity index (χ1n) is 7.06.